The minimum Gasteiger partial charge on any atom is -0.364 e. The van der Waals surface area contributed by atoms with Gasteiger partial charge in [-0.2, -0.15) is 5.10 Å². The van der Waals surface area contributed by atoms with Crippen LogP contribution in [0.25, 0.3) is 0 Å². The Bertz CT molecular complexity index is 552. The van der Waals surface area contributed by atoms with Gasteiger partial charge in [0.2, 0.25) is 5.82 Å². The van der Waals surface area contributed by atoms with Crippen molar-refractivity contribution in [1.82, 2.24) is 9.78 Å². The van der Waals surface area contributed by atoms with Crippen molar-refractivity contribution in [2.75, 3.05) is 11.9 Å². The summed E-state index contributed by atoms with van der Waals surface area (Å²) in [5.74, 6) is 2.96. The zero-order valence-corrected chi connectivity index (χ0v) is 13.0. The van der Waals surface area contributed by atoms with Crippen LogP contribution in [0.15, 0.2) is 0 Å². The Morgan fingerprint density at radius 2 is 2.19 bits per heavy atom. The highest BCUT2D eigenvalue weighted by molar-refractivity contribution is 5.59. The number of nitro groups is 1. The van der Waals surface area contributed by atoms with Crippen molar-refractivity contribution in [3.63, 3.8) is 0 Å². The first-order chi connectivity index (χ1) is 9.97. The molecule has 1 N–H and O–H groups in total. The van der Waals surface area contributed by atoms with E-state index in [4.69, 9.17) is 0 Å². The van der Waals surface area contributed by atoms with E-state index < -0.39 is 0 Å². The van der Waals surface area contributed by atoms with Gasteiger partial charge >= 0.3 is 5.69 Å². The normalized spacial score (nSPS) is 27.5. The molecule has 3 unspecified atom stereocenters. The third kappa shape index (κ3) is 2.51. The zero-order valence-electron chi connectivity index (χ0n) is 13.0. The van der Waals surface area contributed by atoms with E-state index in [1.165, 1.54) is 25.7 Å². The van der Waals surface area contributed by atoms with E-state index in [1.807, 2.05) is 13.8 Å². The van der Waals surface area contributed by atoms with Crippen LogP contribution in [0, 0.1) is 34.8 Å². The second-order valence-corrected chi connectivity index (χ2v) is 6.89. The first kappa shape index (κ1) is 14.4. The minimum atomic E-state index is -0.315. The van der Waals surface area contributed by atoms with Crippen LogP contribution in [-0.2, 0) is 0 Å². The van der Waals surface area contributed by atoms with Crippen LogP contribution in [0.3, 0.4) is 0 Å². The van der Waals surface area contributed by atoms with Gasteiger partial charge in [0, 0.05) is 12.6 Å². The molecule has 2 aliphatic carbocycles. The Hall–Kier alpha value is -1.59. The summed E-state index contributed by atoms with van der Waals surface area (Å²) < 4.78 is 1.75. The Morgan fingerprint density at radius 3 is 2.71 bits per heavy atom. The molecular weight excluding hydrogens is 268 g/mol. The Labute approximate surface area is 125 Å². The summed E-state index contributed by atoms with van der Waals surface area (Å²) >= 11 is 0. The molecule has 6 heteroatoms. The molecule has 3 rings (SSSR count). The third-order valence-corrected chi connectivity index (χ3v) is 5.14. The fourth-order valence-electron chi connectivity index (χ4n) is 4.15. The van der Waals surface area contributed by atoms with Crippen LogP contribution in [0.5, 0.6) is 0 Å². The highest BCUT2D eigenvalue weighted by atomic mass is 16.6. The van der Waals surface area contributed by atoms with Crippen molar-refractivity contribution in [1.29, 1.82) is 0 Å². The molecule has 116 valence electrons. The summed E-state index contributed by atoms with van der Waals surface area (Å²) in [6.07, 6.45) is 5.35. The van der Waals surface area contributed by atoms with Gasteiger partial charge in [-0.05, 0) is 57.8 Å². The van der Waals surface area contributed by atoms with Crippen LogP contribution in [0.4, 0.5) is 11.5 Å². The molecule has 1 heterocycles. The lowest BCUT2D eigenvalue weighted by atomic mass is 9.89. The number of fused-ring (bicyclic) bond motifs is 2. The minimum absolute atomic E-state index is 0.111. The molecule has 0 saturated heterocycles. The second-order valence-electron chi connectivity index (χ2n) is 6.89. The molecule has 0 amide bonds. The predicted molar refractivity (Wildman–Crippen MR) is 81.4 cm³/mol. The first-order valence-electron chi connectivity index (χ1n) is 7.94. The number of nitrogens with zero attached hydrogens (tertiary/aromatic N) is 3. The van der Waals surface area contributed by atoms with E-state index in [0.717, 1.165) is 18.4 Å². The summed E-state index contributed by atoms with van der Waals surface area (Å²) in [6.45, 7) is 6.54. The quantitative estimate of drug-likeness (QED) is 0.665. The third-order valence-electron chi connectivity index (χ3n) is 5.14. The molecule has 0 radical (unpaired) electrons. The van der Waals surface area contributed by atoms with Gasteiger partial charge in [-0.25, -0.2) is 4.68 Å². The van der Waals surface area contributed by atoms with Gasteiger partial charge in [0.25, 0.3) is 0 Å². The molecule has 1 aromatic rings. The standard InChI is InChI=1S/C15H24N4O2/c1-9(2)18-15(14(19(20)21)10(3)17-18)16-8-13-7-11-4-5-12(13)6-11/h9,11-13,16H,4-8H2,1-3H3. The molecule has 21 heavy (non-hydrogen) atoms. The van der Waals surface area contributed by atoms with Gasteiger partial charge in [-0.1, -0.05) is 6.42 Å². The SMILES string of the molecule is Cc1nn(C(C)C)c(NCC2CC3CCC2C3)c1[N+](=O)[O-]. The van der Waals surface area contributed by atoms with Crippen LogP contribution >= 0.6 is 0 Å². The van der Waals surface area contributed by atoms with Crippen molar-refractivity contribution >= 4 is 11.5 Å². The number of aryl methyl sites for hydroxylation is 1. The maximum atomic E-state index is 11.3. The average Bonchev–Trinajstić information content (AvgIpc) is 3.08. The molecule has 0 spiro atoms. The molecule has 2 saturated carbocycles. The summed E-state index contributed by atoms with van der Waals surface area (Å²) in [6, 6.07) is 0.111. The summed E-state index contributed by atoms with van der Waals surface area (Å²) in [5, 5.41) is 19.0. The topological polar surface area (TPSA) is 73.0 Å². The predicted octanol–water partition coefficient (Wildman–Crippen LogP) is 3.53. The number of hydrogen-bond donors (Lipinski definition) is 1. The van der Waals surface area contributed by atoms with Gasteiger partial charge < -0.3 is 5.32 Å². The molecule has 0 aromatic carbocycles. The molecule has 2 fully saturated rings. The van der Waals surface area contributed by atoms with Crippen molar-refractivity contribution in [3.8, 4) is 0 Å². The lowest BCUT2D eigenvalue weighted by molar-refractivity contribution is -0.384. The van der Waals surface area contributed by atoms with Gasteiger partial charge in [0.05, 0.1) is 4.92 Å². The first-order valence-corrected chi connectivity index (χ1v) is 7.94. The van der Waals surface area contributed by atoms with Gasteiger partial charge in [-0.15, -0.1) is 0 Å². The van der Waals surface area contributed by atoms with Gasteiger partial charge in [0.15, 0.2) is 0 Å². The Balaban J connectivity index is 1.78. The summed E-state index contributed by atoms with van der Waals surface area (Å²) in [7, 11) is 0. The van der Waals surface area contributed by atoms with E-state index in [0.29, 0.717) is 17.4 Å². The maximum absolute atomic E-state index is 11.3. The molecule has 1 aromatic heterocycles. The van der Waals surface area contributed by atoms with Crippen molar-refractivity contribution in [2.45, 2.75) is 52.5 Å². The average molecular weight is 292 g/mol. The highest BCUT2D eigenvalue weighted by Crippen LogP contribution is 2.48. The van der Waals surface area contributed by atoms with Gasteiger partial charge in [-0.3, -0.25) is 10.1 Å². The monoisotopic (exact) mass is 292 g/mol. The van der Waals surface area contributed by atoms with E-state index >= 15 is 0 Å². The molecular formula is C15H24N4O2. The molecule has 3 atom stereocenters. The summed E-state index contributed by atoms with van der Waals surface area (Å²) in [4.78, 5) is 11.0. The number of nitrogens with one attached hydrogen (secondary N) is 1. The Kier molecular flexibility index (Phi) is 3.63. The fourth-order valence-corrected chi connectivity index (χ4v) is 4.15. The number of anilines is 1. The van der Waals surface area contributed by atoms with E-state index in [9.17, 15) is 10.1 Å². The van der Waals surface area contributed by atoms with Crippen molar-refractivity contribution < 1.29 is 4.92 Å². The second kappa shape index (κ2) is 5.31. The number of hydrogen-bond acceptors (Lipinski definition) is 4. The van der Waals surface area contributed by atoms with Crippen LogP contribution in [-0.4, -0.2) is 21.2 Å². The van der Waals surface area contributed by atoms with Crippen LogP contribution in [0.1, 0.15) is 51.3 Å². The van der Waals surface area contributed by atoms with Crippen LogP contribution < -0.4 is 5.32 Å². The molecule has 6 nitrogen and oxygen atoms in total. The van der Waals surface area contributed by atoms with Crippen LogP contribution in [0.2, 0.25) is 0 Å². The molecule has 0 aliphatic heterocycles. The van der Waals surface area contributed by atoms with E-state index in [2.05, 4.69) is 10.4 Å². The molecule has 2 bridgehead atoms. The zero-order chi connectivity index (χ0) is 15.1. The Morgan fingerprint density at radius 1 is 1.43 bits per heavy atom. The van der Waals surface area contributed by atoms with Crippen molar-refractivity contribution in [3.05, 3.63) is 15.8 Å². The maximum Gasteiger partial charge on any atom is 0.333 e. The van der Waals surface area contributed by atoms with Gasteiger partial charge in [0.1, 0.15) is 5.69 Å². The number of aromatic nitrogens is 2. The number of rotatable bonds is 5. The van der Waals surface area contributed by atoms with Crippen molar-refractivity contribution in [2.24, 2.45) is 17.8 Å². The smallest absolute Gasteiger partial charge is 0.333 e. The highest BCUT2D eigenvalue weighted by Gasteiger charge is 2.39. The lowest BCUT2D eigenvalue weighted by Gasteiger charge is -2.22. The largest absolute Gasteiger partial charge is 0.364 e. The molecule has 2 aliphatic rings. The van der Waals surface area contributed by atoms with E-state index in [-0.39, 0.29) is 16.7 Å². The summed E-state index contributed by atoms with van der Waals surface area (Å²) in [5.41, 5.74) is 0.621. The lowest BCUT2D eigenvalue weighted by Crippen LogP contribution is -2.22. The van der Waals surface area contributed by atoms with E-state index in [1.54, 1.807) is 11.6 Å². The fraction of sp³-hybridized carbons (Fsp3) is 0.800.